The second-order valence-corrected chi connectivity index (χ2v) is 6.85. The standard InChI is InChI=1S/C22H14ClFN2O3/c23-14-4-3-5-16(12-14)26-19(17-6-1-2-11-25-17)18(21(28)22(26)29)20(27)13-7-9-15(24)10-8-13/h1-12,19,27H/b20-18+. The van der Waals surface area contributed by atoms with Crippen molar-refractivity contribution < 1.29 is 19.1 Å². The summed E-state index contributed by atoms with van der Waals surface area (Å²) in [4.78, 5) is 31.3. The van der Waals surface area contributed by atoms with Crippen molar-refractivity contribution in [1.82, 2.24) is 4.98 Å². The average molecular weight is 409 g/mol. The van der Waals surface area contributed by atoms with Gasteiger partial charge in [0.25, 0.3) is 11.7 Å². The van der Waals surface area contributed by atoms with Gasteiger partial charge in [-0.2, -0.15) is 0 Å². The number of aliphatic hydroxyl groups excluding tert-OH is 1. The van der Waals surface area contributed by atoms with Crippen molar-refractivity contribution in [3.8, 4) is 0 Å². The number of benzene rings is 2. The first-order valence-corrected chi connectivity index (χ1v) is 9.08. The van der Waals surface area contributed by atoms with E-state index in [4.69, 9.17) is 11.6 Å². The summed E-state index contributed by atoms with van der Waals surface area (Å²) in [6.07, 6.45) is 1.53. The molecule has 0 saturated carbocycles. The van der Waals surface area contributed by atoms with Crippen molar-refractivity contribution in [2.45, 2.75) is 6.04 Å². The fourth-order valence-electron chi connectivity index (χ4n) is 3.31. The largest absolute Gasteiger partial charge is 0.507 e. The van der Waals surface area contributed by atoms with Crippen molar-refractivity contribution in [2.75, 3.05) is 4.90 Å². The normalized spacial score (nSPS) is 18.3. The fourth-order valence-corrected chi connectivity index (χ4v) is 3.49. The van der Waals surface area contributed by atoms with Crippen LogP contribution >= 0.6 is 11.6 Å². The lowest BCUT2D eigenvalue weighted by molar-refractivity contribution is -0.132. The minimum absolute atomic E-state index is 0.125. The number of carbonyl (C=O) groups is 2. The molecule has 29 heavy (non-hydrogen) atoms. The molecule has 1 amide bonds. The minimum atomic E-state index is -0.959. The smallest absolute Gasteiger partial charge is 0.300 e. The lowest BCUT2D eigenvalue weighted by atomic mass is 9.98. The molecule has 1 aromatic heterocycles. The van der Waals surface area contributed by atoms with Gasteiger partial charge in [-0.3, -0.25) is 19.5 Å². The van der Waals surface area contributed by atoms with Crippen LogP contribution < -0.4 is 4.90 Å². The maximum absolute atomic E-state index is 13.3. The van der Waals surface area contributed by atoms with E-state index in [1.165, 1.54) is 23.2 Å². The number of anilines is 1. The molecule has 2 aromatic carbocycles. The summed E-state index contributed by atoms with van der Waals surface area (Å²) in [5, 5.41) is 11.2. The molecule has 2 heterocycles. The molecule has 1 fully saturated rings. The lowest BCUT2D eigenvalue weighted by Crippen LogP contribution is -2.29. The summed E-state index contributed by atoms with van der Waals surface area (Å²) in [5.41, 5.74) is 0.889. The van der Waals surface area contributed by atoms with E-state index in [1.54, 1.807) is 42.5 Å². The van der Waals surface area contributed by atoms with Gasteiger partial charge in [-0.1, -0.05) is 23.7 Å². The van der Waals surface area contributed by atoms with Crippen LogP contribution in [0.4, 0.5) is 10.1 Å². The van der Waals surface area contributed by atoms with E-state index in [2.05, 4.69) is 4.98 Å². The number of amides is 1. The molecule has 1 saturated heterocycles. The van der Waals surface area contributed by atoms with Crippen LogP contribution in [0, 0.1) is 5.82 Å². The van der Waals surface area contributed by atoms with Crippen molar-refractivity contribution in [1.29, 1.82) is 0 Å². The molecule has 0 spiro atoms. The monoisotopic (exact) mass is 408 g/mol. The second-order valence-electron chi connectivity index (χ2n) is 6.41. The summed E-state index contributed by atoms with van der Waals surface area (Å²) < 4.78 is 13.3. The zero-order valence-electron chi connectivity index (χ0n) is 14.9. The molecule has 5 nitrogen and oxygen atoms in total. The van der Waals surface area contributed by atoms with Crippen LogP contribution in [-0.2, 0) is 9.59 Å². The van der Waals surface area contributed by atoms with E-state index in [9.17, 15) is 19.1 Å². The quantitative estimate of drug-likeness (QED) is 0.393. The first kappa shape index (κ1) is 18.8. The molecule has 0 radical (unpaired) electrons. The topological polar surface area (TPSA) is 70.5 Å². The zero-order valence-corrected chi connectivity index (χ0v) is 15.7. The Bertz CT molecular complexity index is 1130. The van der Waals surface area contributed by atoms with Crippen molar-refractivity contribution in [3.63, 3.8) is 0 Å². The molecule has 3 aromatic rings. The van der Waals surface area contributed by atoms with Crippen LogP contribution in [0.15, 0.2) is 78.5 Å². The number of rotatable bonds is 3. The predicted octanol–water partition coefficient (Wildman–Crippen LogP) is 4.50. The fraction of sp³-hybridized carbons (Fsp3) is 0.0455. The molecule has 0 bridgehead atoms. The second kappa shape index (κ2) is 7.48. The summed E-state index contributed by atoms with van der Waals surface area (Å²) >= 11 is 6.08. The molecule has 4 rings (SSSR count). The highest BCUT2D eigenvalue weighted by atomic mass is 35.5. The highest BCUT2D eigenvalue weighted by molar-refractivity contribution is 6.51. The number of ketones is 1. The van der Waals surface area contributed by atoms with Gasteiger partial charge in [-0.15, -0.1) is 0 Å². The molecule has 144 valence electrons. The van der Waals surface area contributed by atoms with E-state index >= 15 is 0 Å². The Morgan fingerprint density at radius 2 is 1.79 bits per heavy atom. The number of carbonyl (C=O) groups excluding carboxylic acids is 2. The molecule has 1 unspecified atom stereocenters. The van der Waals surface area contributed by atoms with E-state index < -0.39 is 29.3 Å². The van der Waals surface area contributed by atoms with Crippen LogP contribution in [-0.4, -0.2) is 21.8 Å². The predicted molar refractivity (Wildman–Crippen MR) is 107 cm³/mol. The third-order valence-corrected chi connectivity index (χ3v) is 4.85. The highest BCUT2D eigenvalue weighted by Gasteiger charge is 2.47. The Morgan fingerprint density at radius 3 is 2.45 bits per heavy atom. The number of Topliss-reactive ketones (excluding diaryl/α,β-unsaturated/α-hetero) is 1. The third-order valence-electron chi connectivity index (χ3n) is 4.62. The summed E-state index contributed by atoms with van der Waals surface area (Å²) in [6.45, 7) is 0. The molecule has 1 atom stereocenters. The summed E-state index contributed by atoms with van der Waals surface area (Å²) in [6, 6.07) is 15.6. The Kier molecular flexibility index (Phi) is 4.86. The molecule has 7 heteroatoms. The molecular weight excluding hydrogens is 395 g/mol. The number of pyridine rings is 1. The Morgan fingerprint density at radius 1 is 1.03 bits per heavy atom. The van der Waals surface area contributed by atoms with Crippen LogP contribution in [0.25, 0.3) is 5.76 Å². The third kappa shape index (κ3) is 3.39. The SMILES string of the molecule is O=C1C(=O)N(c2cccc(Cl)c2)C(c2ccccn2)/C1=C(\O)c1ccc(F)cc1. The Balaban J connectivity index is 1.94. The summed E-state index contributed by atoms with van der Waals surface area (Å²) in [5.74, 6) is -2.56. The van der Waals surface area contributed by atoms with Crippen LogP contribution in [0.1, 0.15) is 17.3 Å². The van der Waals surface area contributed by atoms with Gasteiger partial charge in [-0.05, 0) is 54.6 Å². The van der Waals surface area contributed by atoms with Gasteiger partial charge >= 0.3 is 0 Å². The molecule has 1 aliphatic heterocycles. The Hall–Kier alpha value is -3.51. The highest BCUT2D eigenvalue weighted by Crippen LogP contribution is 2.41. The number of halogens is 2. The summed E-state index contributed by atoms with van der Waals surface area (Å²) in [7, 11) is 0. The van der Waals surface area contributed by atoms with Gasteiger partial charge < -0.3 is 5.11 Å². The number of nitrogens with zero attached hydrogens (tertiary/aromatic N) is 2. The van der Waals surface area contributed by atoms with Gasteiger partial charge in [0.1, 0.15) is 17.6 Å². The first-order valence-electron chi connectivity index (χ1n) is 8.71. The van der Waals surface area contributed by atoms with E-state index in [-0.39, 0.29) is 11.1 Å². The van der Waals surface area contributed by atoms with E-state index in [1.807, 2.05) is 0 Å². The van der Waals surface area contributed by atoms with Gasteiger partial charge in [0.05, 0.1) is 11.3 Å². The van der Waals surface area contributed by atoms with Gasteiger partial charge in [-0.25, -0.2) is 4.39 Å². The van der Waals surface area contributed by atoms with Gasteiger partial charge in [0.2, 0.25) is 0 Å². The van der Waals surface area contributed by atoms with Crippen LogP contribution in [0.3, 0.4) is 0 Å². The number of hydrogen-bond acceptors (Lipinski definition) is 4. The van der Waals surface area contributed by atoms with Gasteiger partial charge in [0.15, 0.2) is 0 Å². The molecule has 1 N–H and O–H groups in total. The molecule has 0 aliphatic carbocycles. The zero-order chi connectivity index (χ0) is 20.5. The Labute approximate surface area is 170 Å². The molecular formula is C22H14ClFN2O3. The lowest BCUT2D eigenvalue weighted by Gasteiger charge is -2.24. The van der Waals surface area contributed by atoms with Crippen LogP contribution in [0.2, 0.25) is 5.02 Å². The number of aromatic nitrogens is 1. The number of hydrogen-bond donors (Lipinski definition) is 1. The van der Waals surface area contributed by atoms with Crippen molar-refractivity contribution in [3.05, 3.63) is 101 Å². The van der Waals surface area contributed by atoms with E-state index in [0.29, 0.717) is 16.4 Å². The van der Waals surface area contributed by atoms with Gasteiger partial charge in [0, 0.05) is 22.5 Å². The van der Waals surface area contributed by atoms with Crippen LogP contribution in [0.5, 0.6) is 0 Å². The maximum Gasteiger partial charge on any atom is 0.300 e. The molecule has 1 aliphatic rings. The maximum atomic E-state index is 13.3. The first-order chi connectivity index (χ1) is 14.0. The average Bonchev–Trinajstić information content (AvgIpc) is 2.99. The van der Waals surface area contributed by atoms with Crippen molar-refractivity contribution >= 4 is 34.7 Å². The van der Waals surface area contributed by atoms with Crippen molar-refractivity contribution in [2.24, 2.45) is 0 Å². The van der Waals surface area contributed by atoms with E-state index in [0.717, 1.165) is 12.1 Å². The number of aliphatic hydroxyl groups is 1. The minimum Gasteiger partial charge on any atom is -0.507 e.